The van der Waals surface area contributed by atoms with Crippen LogP contribution in [0.3, 0.4) is 0 Å². The number of hydrogen-bond donors (Lipinski definition) is 2. The third-order valence-electron chi connectivity index (χ3n) is 4.81. The molecule has 2 saturated heterocycles. The van der Waals surface area contributed by atoms with Crippen molar-refractivity contribution in [2.75, 3.05) is 13.1 Å². The van der Waals surface area contributed by atoms with Gasteiger partial charge in [-0.2, -0.15) is 0 Å². The predicted molar refractivity (Wildman–Crippen MR) is 84.4 cm³/mol. The maximum Gasteiger partial charge on any atom is 0.255 e. The maximum absolute atomic E-state index is 12.6. The van der Waals surface area contributed by atoms with Gasteiger partial charge in [-0.25, -0.2) is 0 Å². The molecule has 2 N–H and O–H groups in total. The summed E-state index contributed by atoms with van der Waals surface area (Å²) < 4.78 is 5.94. The second-order valence-corrected chi connectivity index (χ2v) is 6.45. The van der Waals surface area contributed by atoms with Crippen LogP contribution in [0.15, 0.2) is 18.2 Å². The standard InChI is InChI=1S/C17H19N3O4/c21-15-4-3-14(16(22)19-15)20-9-10-7-11(1-2-13(10)17(20)23)24-12-5-6-18-8-12/h1-2,7,12,14,18H,3-6,8-9H2,(H,19,21,22)/t12?,14-/m0/s1. The Balaban J connectivity index is 1.51. The van der Waals surface area contributed by atoms with E-state index in [0.717, 1.165) is 30.8 Å². The first-order valence-electron chi connectivity index (χ1n) is 8.27. The highest BCUT2D eigenvalue weighted by Gasteiger charge is 2.39. The summed E-state index contributed by atoms with van der Waals surface area (Å²) >= 11 is 0. The number of imide groups is 1. The Kier molecular flexibility index (Phi) is 3.72. The van der Waals surface area contributed by atoms with E-state index < -0.39 is 6.04 Å². The molecule has 0 bridgehead atoms. The summed E-state index contributed by atoms with van der Waals surface area (Å²) in [7, 11) is 0. The maximum atomic E-state index is 12.6. The van der Waals surface area contributed by atoms with Crippen molar-refractivity contribution in [2.24, 2.45) is 0 Å². The molecule has 0 radical (unpaired) electrons. The molecule has 0 aliphatic carbocycles. The number of piperidine rings is 1. The molecule has 4 rings (SSSR count). The van der Waals surface area contributed by atoms with E-state index in [4.69, 9.17) is 4.74 Å². The first-order chi connectivity index (χ1) is 11.6. The zero-order valence-electron chi connectivity index (χ0n) is 13.2. The zero-order chi connectivity index (χ0) is 16.7. The average Bonchev–Trinajstić information content (AvgIpc) is 3.16. The van der Waals surface area contributed by atoms with Gasteiger partial charge < -0.3 is 15.0 Å². The van der Waals surface area contributed by atoms with Crippen molar-refractivity contribution in [2.45, 2.75) is 38.0 Å². The summed E-state index contributed by atoms with van der Waals surface area (Å²) in [5, 5.41) is 5.56. The fraction of sp³-hybridized carbons (Fsp3) is 0.471. The molecule has 3 aliphatic rings. The van der Waals surface area contributed by atoms with Crippen LogP contribution in [0.25, 0.3) is 0 Å². The van der Waals surface area contributed by atoms with Gasteiger partial charge in [-0.05, 0) is 43.1 Å². The predicted octanol–water partition coefficient (Wildman–Crippen LogP) is 0.188. The van der Waals surface area contributed by atoms with Crippen LogP contribution in [0.1, 0.15) is 35.2 Å². The number of hydrogen-bond acceptors (Lipinski definition) is 5. The topological polar surface area (TPSA) is 87.7 Å². The van der Waals surface area contributed by atoms with Crippen molar-refractivity contribution < 1.29 is 19.1 Å². The van der Waals surface area contributed by atoms with Gasteiger partial charge in [0.05, 0.1) is 0 Å². The minimum Gasteiger partial charge on any atom is -0.489 e. The summed E-state index contributed by atoms with van der Waals surface area (Å²) in [5.74, 6) is -0.0730. The molecule has 126 valence electrons. The molecule has 24 heavy (non-hydrogen) atoms. The monoisotopic (exact) mass is 329 g/mol. The highest BCUT2D eigenvalue weighted by Crippen LogP contribution is 2.30. The van der Waals surface area contributed by atoms with Crippen molar-refractivity contribution in [3.63, 3.8) is 0 Å². The van der Waals surface area contributed by atoms with Gasteiger partial charge in [0.2, 0.25) is 11.8 Å². The van der Waals surface area contributed by atoms with Gasteiger partial charge in [0.15, 0.2) is 0 Å². The lowest BCUT2D eigenvalue weighted by molar-refractivity contribution is -0.136. The van der Waals surface area contributed by atoms with E-state index in [1.807, 2.05) is 12.1 Å². The number of carbonyl (C=O) groups is 3. The Labute approximate surface area is 139 Å². The first kappa shape index (κ1) is 15.1. The van der Waals surface area contributed by atoms with Crippen LogP contribution in [-0.2, 0) is 16.1 Å². The highest BCUT2D eigenvalue weighted by atomic mass is 16.5. The van der Waals surface area contributed by atoms with Crippen LogP contribution in [0.4, 0.5) is 0 Å². The molecule has 3 aliphatic heterocycles. The third kappa shape index (κ3) is 2.65. The van der Waals surface area contributed by atoms with Crippen molar-refractivity contribution >= 4 is 17.7 Å². The van der Waals surface area contributed by atoms with Gasteiger partial charge in [0, 0.05) is 25.1 Å². The van der Waals surface area contributed by atoms with Crippen LogP contribution in [0.2, 0.25) is 0 Å². The van der Waals surface area contributed by atoms with E-state index in [1.54, 1.807) is 11.0 Å². The average molecular weight is 329 g/mol. The van der Waals surface area contributed by atoms with E-state index in [-0.39, 0.29) is 30.2 Å². The zero-order valence-corrected chi connectivity index (χ0v) is 13.2. The molecule has 7 heteroatoms. The number of amides is 3. The molecule has 1 aromatic carbocycles. The van der Waals surface area contributed by atoms with Crippen LogP contribution in [0, 0.1) is 0 Å². The first-order valence-corrected chi connectivity index (χ1v) is 8.27. The van der Waals surface area contributed by atoms with Crippen LogP contribution in [-0.4, -0.2) is 47.9 Å². The molecule has 7 nitrogen and oxygen atoms in total. The Bertz CT molecular complexity index is 712. The Morgan fingerprint density at radius 3 is 2.79 bits per heavy atom. The minimum atomic E-state index is -0.578. The molecule has 0 spiro atoms. The highest BCUT2D eigenvalue weighted by molar-refractivity contribution is 6.05. The largest absolute Gasteiger partial charge is 0.489 e. The van der Waals surface area contributed by atoms with Gasteiger partial charge in [-0.15, -0.1) is 0 Å². The van der Waals surface area contributed by atoms with Gasteiger partial charge >= 0.3 is 0 Å². The van der Waals surface area contributed by atoms with Crippen molar-refractivity contribution in [1.29, 1.82) is 0 Å². The summed E-state index contributed by atoms with van der Waals surface area (Å²) in [6, 6.07) is 4.88. The lowest BCUT2D eigenvalue weighted by atomic mass is 10.0. The summed E-state index contributed by atoms with van der Waals surface area (Å²) in [4.78, 5) is 37.5. The normalized spacial score (nSPS) is 26.5. The molecular weight excluding hydrogens is 310 g/mol. The number of ether oxygens (including phenoxy) is 1. The second kappa shape index (κ2) is 5.90. The Morgan fingerprint density at radius 1 is 1.17 bits per heavy atom. The molecule has 0 saturated carbocycles. The van der Waals surface area contributed by atoms with Crippen LogP contribution >= 0.6 is 0 Å². The van der Waals surface area contributed by atoms with Crippen molar-refractivity contribution in [3.8, 4) is 5.75 Å². The van der Waals surface area contributed by atoms with E-state index in [0.29, 0.717) is 18.5 Å². The molecule has 1 unspecified atom stereocenters. The van der Waals surface area contributed by atoms with Gasteiger partial charge in [-0.1, -0.05) is 0 Å². The van der Waals surface area contributed by atoms with Crippen LogP contribution in [0.5, 0.6) is 5.75 Å². The number of fused-ring (bicyclic) bond motifs is 1. The third-order valence-corrected chi connectivity index (χ3v) is 4.81. The second-order valence-electron chi connectivity index (χ2n) is 6.45. The lowest BCUT2D eigenvalue weighted by Gasteiger charge is -2.29. The SMILES string of the molecule is O=C1CC[C@H](N2Cc3cc(OC4CCNC4)ccc3C2=O)C(=O)N1. The molecule has 3 heterocycles. The van der Waals surface area contributed by atoms with Gasteiger partial charge in [0.25, 0.3) is 5.91 Å². The van der Waals surface area contributed by atoms with E-state index in [1.165, 1.54) is 0 Å². The number of rotatable bonds is 3. The fourth-order valence-corrected chi connectivity index (χ4v) is 3.55. The van der Waals surface area contributed by atoms with Crippen LogP contribution < -0.4 is 15.4 Å². The van der Waals surface area contributed by atoms with Crippen molar-refractivity contribution in [3.05, 3.63) is 29.3 Å². The van der Waals surface area contributed by atoms with E-state index in [2.05, 4.69) is 10.6 Å². The summed E-state index contributed by atoms with van der Waals surface area (Å²) in [6.07, 6.45) is 1.77. The number of benzene rings is 1. The minimum absolute atomic E-state index is 0.159. The fourth-order valence-electron chi connectivity index (χ4n) is 3.55. The molecule has 3 amide bonds. The lowest BCUT2D eigenvalue weighted by Crippen LogP contribution is -2.52. The number of nitrogens with zero attached hydrogens (tertiary/aromatic N) is 1. The molecule has 0 aromatic heterocycles. The van der Waals surface area contributed by atoms with Crippen molar-refractivity contribution in [1.82, 2.24) is 15.5 Å². The summed E-state index contributed by atoms with van der Waals surface area (Å²) in [6.45, 7) is 2.16. The number of carbonyl (C=O) groups excluding carboxylic acids is 3. The Morgan fingerprint density at radius 2 is 2.04 bits per heavy atom. The quantitative estimate of drug-likeness (QED) is 0.773. The number of nitrogens with one attached hydrogen (secondary N) is 2. The smallest absolute Gasteiger partial charge is 0.255 e. The molecule has 1 aromatic rings. The summed E-state index contributed by atoms with van der Waals surface area (Å²) in [5.41, 5.74) is 1.48. The molecule has 2 atom stereocenters. The van der Waals surface area contributed by atoms with Gasteiger partial charge in [-0.3, -0.25) is 19.7 Å². The Hall–Kier alpha value is -2.41. The van der Waals surface area contributed by atoms with E-state index >= 15 is 0 Å². The van der Waals surface area contributed by atoms with Gasteiger partial charge in [0.1, 0.15) is 17.9 Å². The van der Waals surface area contributed by atoms with E-state index in [9.17, 15) is 14.4 Å². The molecule has 2 fully saturated rings. The molecular formula is C17H19N3O4.